The van der Waals surface area contributed by atoms with Gasteiger partial charge < -0.3 is 15.3 Å². The Morgan fingerprint density at radius 1 is 1.56 bits per heavy atom. The van der Waals surface area contributed by atoms with E-state index in [0.717, 1.165) is 38.4 Å². The zero-order chi connectivity index (χ0) is 13.0. The summed E-state index contributed by atoms with van der Waals surface area (Å²) in [4.78, 5) is 6.87. The third-order valence-corrected chi connectivity index (χ3v) is 3.53. The number of aryl methyl sites for hydroxylation is 1. The summed E-state index contributed by atoms with van der Waals surface area (Å²) < 4.78 is 0. The number of aliphatic hydroxyl groups excluding tert-OH is 1. The zero-order valence-corrected chi connectivity index (χ0v) is 11.3. The summed E-state index contributed by atoms with van der Waals surface area (Å²) >= 11 is 0. The number of nitrogens with zero attached hydrogens (tertiary/aromatic N) is 2. The fraction of sp³-hybridized carbons (Fsp3) is 0.643. The van der Waals surface area contributed by atoms with Crippen molar-refractivity contribution >= 4 is 5.82 Å². The van der Waals surface area contributed by atoms with E-state index in [-0.39, 0.29) is 6.61 Å². The van der Waals surface area contributed by atoms with Gasteiger partial charge in [0.15, 0.2) is 0 Å². The number of rotatable bonds is 5. The first-order valence-corrected chi connectivity index (χ1v) is 6.76. The summed E-state index contributed by atoms with van der Waals surface area (Å²) in [6, 6.07) is 2.21. The number of nitrogens with one attached hydrogen (secondary N) is 1. The van der Waals surface area contributed by atoms with Crippen LogP contribution in [0.1, 0.15) is 24.5 Å². The van der Waals surface area contributed by atoms with Crippen LogP contribution in [0.5, 0.6) is 0 Å². The molecule has 0 amide bonds. The lowest BCUT2D eigenvalue weighted by Crippen LogP contribution is -2.23. The van der Waals surface area contributed by atoms with Crippen molar-refractivity contribution in [1.82, 2.24) is 10.3 Å². The van der Waals surface area contributed by atoms with Gasteiger partial charge in [-0.05, 0) is 37.1 Å². The van der Waals surface area contributed by atoms with E-state index in [1.807, 2.05) is 6.20 Å². The molecule has 1 fully saturated rings. The van der Waals surface area contributed by atoms with Crippen molar-refractivity contribution in [2.24, 2.45) is 5.92 Å². The van der Waals surface area contributed by atoms with Crippen molar-refractivity contribution in [3.63, 3.8) is 0 Å². The van der Waals surface area contributed by atoms with Crippen molar-refractivity contribution in [2.75, 3.05) is 31.1 Å². The van der Waals surface area contributed by atoms with Crippen LogP contribution in [0.4, 0.5) is 5.82 Å². The summed E-state index contributed by atoms with van der Waals surface area (Å²) in [7, 11) is 0. The second-order valence-electron chi connectivity index (χ2n) is 5.05. The van der Waals surface area contributed by atoms with Crippen molar-refractivity contribution in [3.8, 4) is 0 Å². The summed E-state index contributed by atoms with van der Waals surface area (Å²) in [5.41, 5.74) is 2.46. The monoisotopic (exact) mass is 249 g/mol. The third kappa shape index (κ3) is 3.00. The number of hydrogen-bond donors (Lipinski definition) is 2. The highest BCUT2D eigenvalue weighted by molar-refractivity contribution is 5.48. The van der Waals surface area contributed by atoms with Crippen molar-refractivity contribution in [1.29, 1.82) is 0 Å². The molecule has 18 heavy (non-hydrogen) atoms. The van der Waals surface area contributed by atoms with E-state index in [0.29, 0.717) is 5.92 Å². The predicted molar refractivity (Wildman–Crippen MR) is 73.8 cm³/mol. The van der Waals surface area contributed by atoms with E-state index in [4.69, 9.17) is 0 Å². The minimum Gasteiger partial charge on any atom is -0.396 e. The number of anilines is 1. The number of hydrogen-bond acceptors (Lipinski definition) is 4. The van der Waals surface area contributed by atoms with E-state index in [1.165, 1.54) is 11.1 Å². The van der Waals surface area contributed by atoms with Gasteiger partial charge in [0, 0.05) is 38.4 Å². The summed E-state index contributed by atoms with van der Waals surface area (Å²) in [5.74, 6) is 1.49. The van der Waals surface area contributed by atoms with Crippen LogP contribution < -0.4 is 10.2 Å². The molecule has 1 aromatic heterocycles. The number of aliphatic hydroxyl groups is 1. The zero-order valence-electron chi connectivity index (χ0n) is 11.3. The van der Waals surface area contributed by atoms with Gasteiger partial charge in [0.1, 0.15) is 5.82 Å². The van der Waals surface area contributed by atoms with Gasteiger partial charge in [-0.1, -0.05) is 6.92 Å². The smallest absolute Gasteiger partial charge is 0.131 e. The van der Waals surface area contributed by atoms with E-state index in [2.05, 4.69) is 35.1 Å². The molecule has 0 aliphatic carbocycles. The van der Waals surface area contributed by atoms with Crippen LogP contribution in [-0.4, -0.2) is 36.3 Å². The highest BCUT2D eigenvalue weighted by Crippen LogP contribution is 2.25. The Labute approximate surface area is 109 Å². The average molecular weight is 249 g/mol. The molecule has 4 nitrogen and oxygen atoms in total. The van der Waals surface area contributed by atoms with Crippen molar-refractivity contribution in [3.05, 3.63) is 23.4 Å². The maximum Gasteiger partial charge on any atom is 0.131 e. The molecule has 2 rings (SSSR count). The summed E-state index contributed by atoms with van der Waals surface area (Å²) in [6.45, 7) is 8.30. The topological polar surface area (TPSA) is 48.4 Å². The number of pyridine rings is 1. The molecule has 1 atom stereocenters. The first-order valence-electron chi connectivity index (χ1n) is 6.76. The largest absolute Gasteiger partial charge is 0.396 e. The molecule has 2 N–H and O–H groups in total. The Kier molecular flexibility index (Phi) is 4.55. The van der Waals surface area contributed by atoms with Gasteiger partial charge in [0.05, 0.1) is 0 Å². The van der Waals surface area contributed by atoms with Crippen LogP contribution in [-0.2, 0) is 6.54 Å². The maximum absolute atomic E-state index is 9.19. The molecule has 1 aliphatic rings. The van der Waals surface area contributed by atoms with Crippen LogP contribution in [0.15, 0.2) is 12.3 Å². The van der Waals surface area contributed by atoms with Crippen LogP contribution >= 0.6 is 0 Å². The molecule has 1 saturated heterocycles. The molecule has 0 spiro atoms. The SMILES string of the molecule is CCNCc1cnc(N2CCC(CO)C2)c(C)c1. The lowest BCUT2D eigenvalue weighted by Gasteiger charge is -2.20. The Morgan fingerprint density at radius 2 is 2.39 bits per heavy atom. The first-order chi connectivity index (χ1) is 8.74. The van der Waals surface area contributed by atoms with Gasteiger partial charge in [-0.2, -0.15) is 0 Å². The average Bonchev–Trinajstić information content (AvgIpc) is 2.85. The van der Waals surface area contributed by atoms with E-state index in [1.54, 1.807) is 0 Å². The fourth-order valence-corrected chi connectivity index (χ4v) is 2.50. The molecule has 1 aliphatic heterocycles. The number of aromatic nitrogens is 1. The van der Waals surface area contributed by atoms with Gasteiger partial charge in [-0.25, -0.2) is 4.98 Å². The Bertz CT molecular complexity index is 395. The van der Waals surface area contributed by atoms with Crippen LogP contribution in [0.25, 0.3) is 0 Å². The molecule has 4 heteroatoms. The normalized spacial score (nSPS) is 19.5. The van der Waals surface area contributed by atoms with Gasteiger partial charge in [-0.15, -0.1) is 0 Å². The second-order valence-corrected chi connectivity index (χ2v) is 5.05. The molecular weight excluding hydrogens is 226 g/mol. The predicted octanol–water partition coefficient (Wildman–Crippen LogP) is 1.32. The lowest BCUT2D eigenvalue weighted by molar-refractivity contribution is 0.238. The molecule has 1 unspecified atom stereocenters. The Hall–Kier alpha value is -1.13. The quantitative estimate of drug-likeness (QED) is 0.826. The third-order valence-electron chi connectivity index (χ3n) is 3.53. The van der Waals surface area contributed by atoms with Crippen LogP contribution in [0.2, 0.25) is 0 Å². The maximum atomic E-state index is 9.19. The molecule has 0 saturated carbocycles. The molecule has 0 bridgehead atoms. The Balaban J connectivity index is 2.05. The minimum absolute atomic E-state index is 0.286. The Morgan fingerprint density at radius 3 is 3.00 bits per heavy atom. The molecular formula is C14H23N3O. The highest BCUT2D eigenvalue weighted by atomic mass is 16.3. The van der Waals surface area contributed by atoms with Crippen molar-refractivity contribution in [2.45, 2.75) is 26.8 Å². The van der Waals surface area contributed by atoms with E-state index >= 15 is 0 Å². The first kappa shape index (κ1) is 13.3. The van der Waals surface area contributed by atoms with Crippen LogP contribution in [0, 0.1) is 12.8 Å². The van der Waals surface area contributed by atoms with E-state index in [9.17, 15) is 5.11 Å². The van der Waals surface area contributed by atoms with Crippen LogP contribution in [0.3, 0.4) is 0 Å². The fourth-order valence-electron chi connectivity index (χ4n) is 2.50. The van der Waals surface area contributed by atoms with Gasteiger partial charge in [0.25, 0.3) is 0 Å². The molecule has 100 valence electrons. The minimum atomic E-state index is 0.286. The standard InChI is InChI=1S/C14H23N3O/c1-3-15-7-13-6-11(2)14(16-8-13)17-5-4-12(9-17)10-18/h6,8,12,15,18H,3-5,7,9-10H2,1-2H3. The van der Waals surface area contributed by atoms with Gasteiger partial charge in [-0.3, -0.25) is 0 Å². The van der Waals surface area contributed by atoms with Gasteiger partial charge >= 0.3 is 0 Å². The molecule has 2 heterocycles. The molecule has 0 radical (unpaired) electrons. The van der Waals surface area contributed by atoms with E-state index < -0.39 is 0 Å². The lowest BCUT2D eigenvalue weighted by atomic mass is 10.1. The highest BCUT2D eigenvalue weighted by Gasteiger charge is 2.23. The van der Waals surface area contributed by atoms with Gasteiger partial charge in [0.2, 0.25) is 0 Å². The summed E-state index contributed by atoms with van der Waals surface area (Å²) in [6.07, 6.45) is 3.02. The summed E-state index contributed by atoms with van der Waals surface area (Å²) in [5, 5.41) is 12.5. The van der Waals surface area contributed by atoms with Crippen molar-refractivity contribution < 1.29 is 5.11 Å². The molecule has 1 aromatic rings. The second kappa shape index (κ2) is 6.16. The molecule has 0 aromatic carbocycles.